The topological polar surface area (TPSA) is 77.4 Å². The maximum absolute atomic E-state index is 13.2. The lowest BCUT2D eigenvalue weighted by Gasteiger charge is -2.10. The monoisotopic (exact) mass is 408 g/mol. The number of nitrogens with one attached hydrogen (secondary N) is 1. The Morgan fingerprint density at radius 1 is 1.00 bits per heavy atom. The summed E-state index contributed by atoms with van der Waals surface area (Å²) in [5.41, 5.74) is 3.49. The normalized spacial score (nSPS) is 10.5. The molecule has 3 aromatic rings. The molecule has 2 aromatic carbocycles. The average molecular weight is 408 g/mol. The van der Waals surface area contributed by atoms with E-state index in [1.54, 1.807) is 37.3 Å². The highest BCUT2D eigenvalue weighted by atomic mass is 19.1. The van der Waals surface area contributed by atoms with Crippen molar-refractivity contribution < 1.29 is 23.5 Å². The first-order valence-corrected chi connectivity index (χ1v) is 9.29. The van der Waals surface area contributed by atoms with Crippen molar-refractivity contribution in [1.82, 2.24) is 4.57 Å². The fraction of sp³-hybridized carbons (Fsp3) is 0.174. The number of esters is 1. The van der Waals surface area contributed by atoms with Gasteiger partial charge in [-0.3, -0.25) is 9.59 Å². The maximum atomic E-state index is 13.2. The summed E-state index contributed by atoms with van der Waals surface area (Å²) in [4.78, 5) is 35.9. The van der Waals surface area contributed by atoms with Gasteiger partial charge >= 0.3 is 5.97 Å². The van der Waals surface area contributed by atoms with E-state index in [2.05, 4.69) is 5.32 Å². The average Bonchev–Trinajstić information content (AvgIpc) is 3.01. The van der Waals surface area contributed by atoms with Crippen LogP contribution < -0.4 is 5.32 Å². The summed E-state index contributed by atoms with van der Waals surface area (Å²) in [5, 5.41) is 2.60. The van der Waals surface area contributed by atoms with Gasteiger partial charge in [0.15, 0.2) is 6.61 Å². The lowest BCUT2D eigenvalue weighted by molar-refractivity contribution is -0.114. The number of aryl methyl sites for hydroxylation is 1. The summed E-state index contributed by atoms with van der Waals surface area (Å²) < 4.78 is 20.2. The third-order valence-corrected chi connectivity index (χ3v) is 4.59. The minimum atomic E-state index is -0.634. The maximum Gasteiger partial charge on any atom is 0.338 e. The molecule has 30 heavy (non-hydrogen) atoms. The number of carbonyl (C=O) groups excluding carboxylic acids is 3. The highest BCUT2D eigenvalue weighted by molar-refractivity contribution is 6.00. The third kappa shape index (κ3) is 4.63. The molecule has 3 rings (SSSR count). The van der Waals surface area contributed by atoms with Crippen LogP contribution in [0.1, 0.15) is 39.0 Å². The molecule has 1 N–H and O–H groups in total. The number of rotatable bonds is 6. The van der Waals surface area contributed by atoms with E-state index in [4.69, 9.17) is 4.74 Å². The predicted octanol–water partition coefficient (Wildman–Crippen LogP) is 4.23. The highest BCUT2D eigenvalue weighted by Crippen LogP contribution is 2.22. The molecule has 154 valence electrons. The standard InChI is InChI=1S/C23H21FN2O4/c1-14-12-21(15(2)26(14)20-10-6-18(24)7-11-20)22(28)13-30-23(29)17-4-8-19(9-5-17)25-16(3)27/h4-12H,13H2,1-3H3,(H,25,27). The first-order valence-electron chi connectivity index (χ1n) is 9.29. The molecule has 0 saturated heterocycles. The number of amides is 1. The van der Waals surface area contributed by atoms with Crippen LogP contribution in [0.2, 0.25) is 0 Å². The van der Waals surface area contributed by atoms with Gasteiger partial charge in [-0.1, -0.05) is 0 Å². The number of anilines is 1. The SMILES string of the molecule is CC(=O)Nc1ccc(C(=O)OCC(=O)c2cc(C)n(-c3ccc(F)cc3)c2C)cc1. The van der Waals surface area contributed by atoms with Crippen molar-refractivity contribution in [3.05, 3.63) is 82.9 Å². The van der Waals surface area contributed by atoms with Crippen molar-refractivity contribution >= 4 is 23.3 Å². The van der Waals surface area contributed by atoms with Crippen LogP contribution in [0.3, 0.4) is 0 Å². The third-order valence-electron chi connectivity index (χ3n) is 4.59. The molecular weight excluding hydrogens is 387 g/mol. The van der Waals surface area contributed by atoms with E-state index in [0.717, 1.165) is 11.4 Å². The molecule has 0 unspecified atom stereocenters. The van der Waals surface area contributed by atoms with E-state index in [-0.39, 0.29) is 23.1 Å². The Hall–Kier alpha value is -3.74. The van der Waals surface area contributed by atoms with Crippen molar-refractivity contribution in [2.45, 2.75) is 20.8 Å². The zero-order chi connectivity index (χ0) is 21.8. The summed E-state index contributed by atoms with van der Waals surface area (Å²) in [6.45, 7) is 4.61. The summed E-state index contributed by atoms with van der Waals surface area (Å²) in [5.74, 6) is -1.52. The van der Waals surface area contributed by atoms with Gasteiger partial charge in [0.05, 0.1) is 5.56 Å². The Morgan fingerprint density at radius 3 is 2.23 bits per heavy atom. The fourth-order valence-electron chi connectivity index (χ4n) is 3.22. The lowest BCUT2D eigenvalue weighted by Crippen LogP contribution is -2.15. The van der Waals surface area contributed by atoms with Gasteiger partial charge in [0.25, 0.3) is 0 Å². The van der Waals surface area contributed by atoms with E-state index < -0.39 is 12.6 Å². The molecule has 0 atom stereocenters. The quantitative estimate of drug-likeness (QED) is 0.489. The van der Waals surface area contributed by atoms with Crippen LogP contribution in [0.15, 0.2) is 54.6 Å². The van der Waals surface area contributed by atoms with Gasteiger partial charge in [0.2, 0.25) is 11.7 Å². The second-order valence-electron chi connectivity index (χ2n) is 6.85. The van der Waals surface area contributed by atoms with Crippen molar-refractivity contribution in [2.75, 3.05) is 11.9 Å². The smallest absolute Gasteiger partial charge is 0.338 e. The van der Waals surface area contributed by atoms with Crippen LogP contribution in [0.4, 0.5) is 10.1 Å². The van der Waals surface area contributed by atoms with Crippen molar-refractivity contribution in [3.63, 3.8) is 0 Å². The molecule has 0 aliphatic rings. The van der Waals surface area contributed by atoms with E-state index in [0.29, 0.717) is 16.9 Å². The summed E-state index contributed by atoms with van der Waals surface area (Å²) in [7, 11) is 0. The number of ether oxygens (including phenoxy) is 1. The Morgan fingerprint density at radius 2 is 1.63 bits per heavy atom. The van der Waals surface area contributed by atoms with E-state index >= 15 is 0 Å². The Balaban J connectivity index is 1.69. The second kappa shape index (κ2) is 8.73. The molecule has 0 radical (unpaired) electrons. The number of benzene rings is 2. The van der Waals surface area contributed by atoms with Crippen LogP contribution in [0.25, 0.3) is 5.69 Å². The van der Waals surface area contributed by atoms with Gasteiger partial charge in [0, 0.05) is 35.2 Å². The molecule has 0 saturated carbocycles. The van der Waals surface area contributed by atoms with Crippen LogP contribution in [-0.2, 0) is 9.53 Å². The van der Waals surface area contributed by atoms with E-state index in [1.807, 2.05) is 11.5 Å². The van der Waals surface area contributed by atoms with Gasteiger partial charge < -0.3 is 14.6 Å². The number of carbonyl (C=O) groups is 3. The van der Waals surface area contributed by atoms with E-state index in [9.17, 15) is 18.8 Å². The molecule has 0 fully saturated rings. The van der Waals surface area contributed by atoms with Crippen LogP contribution in [-0.4, -0.2) is 28.8 Å². The van der Waals surface area contributed by atoms with Gasteiger partial charge in [0.1, 0.15) is 5.82 Å². The van der Waals surface area contributed by atoms with Gasteiger partial charge in [-0.2, -0.15) is 0 Å². The molecule has 0 aliphatic heterocycles. The lowest BCUT2D eigenvalue weighted by atomic mass is 10.1. The molecule has 1 aromatic heterocycles. The van der Waals surface area contributed by atoms with Gasteiger partial charge in [-0.15, -0.1) is 0 Å². The van der Waals surface area contributed by atoms with Crippen LogP contribution in [0.5, 0.6) is 0 Å². The first kappa shape index (κ1) is 21.0. The fourth-order valence-corrected chi connectivity index (χ4v) is 3.22. The molecule has 1 heterocycles. The zero-order valence-electron chi connectivity index (χ0n) is 16.9. The van der Waals surface area contributed by atoms with Crippen molar-refractivity contribution in [1.29, 1.82) is 0 Å². The van der Waals surface area contributed by atoms with Gasteiger partial charge in [-0.25, -0.2) is 9.18 Å². The molecular formula is C23H21FN2O4. The molecule has 0 bridgehead atoms. The first-order chi connectivity index (χ1) is 14.3. The number of ketones is 1. The van der Waals surface area contributed by atoms with E-state index in [1.165, 1.54) is 31.2 Å². The second-order valence-corrected chi connectivity index (χ2v) is 6.85. The number of hydrogen-bond acceptors (Lipinski definition) is 4. The summed E-state index contributed by atoms with van der Waals surface area (Å²) >= 11 is 0. The number of hydrogen-bond donors (Lipinski definition) is 1. The summed E-state index contributed by atoms with van der Waals surface area (Å²) in [6, 6.07) is 13.9. The minimum absolute atomic E-state index is 0.214. The zero-order valence-corrected chi connectivity index (χ0v) is 16.9. The van der Waals surface area contributed by atoms with Crippen LogP contribution >= 0.6 is 0 Å². The highest BCUT2D eigenvalue weighted by Gasteiger charge is 2.18. The summed E-state index contributed by atoms with van der Waals surface area (Å²) in [6.07, 6.45) is 0. The molecule has 6 nitrogen and oxygen atoms in total. The Labute approximate surface area is 173 Å². The molecule has 1 amide bonds. The molecule has 7 heteroatoms. The Kier molecular flexibility index (Phi) is 6.11. The van der Waals surface area contributed by atoms with Crippen LogP contribution in [0, 0.1) is 19.7 Å². The van der Waals surface area contributed by atoms with Gasteiger partial charge in [-0.05, 0) is 68.4 Å². The minimum Gasteiger partial charge on any atom is -0.454 e. The Bertz CT molecular complexity index is 1100. The molecule has 0 aliphatic carbocycles. The van der Waals surface area contributed by atoms with Crippen molar-refractivity contribution in [2.24, 2.45) is 0 Å². The molecule has 0 spiro atoms. The largest absolute Gasteiger partial charge is 0.454 e. The number of aromatic nitrogens is 1. The predicted molar refractivity (Wildman–Crippen MR) is 111 cm³/mol. The number of nitrogens with zero attached hydrogens (tertiary/aromatic N) is 1. The number of halogens is 1. The number of Topliss-reactive ketones (excluding diaryl/α,β-unsaturated/α-hetero) is 1. The van der Waals surface area contributed by atoms with Crippen molar-refractivity contribution in [3.8, 4) is 5.69 Å².